The number of ether oxygens (including phenoxy) is 3. The smallest absolute Gasteiger partial charge is 0.203 e. The zero-order valence-electron chi connectivity index (χ0n) is 12.5. The minimum Gasteiger partial charge on any atom is -0.493 e. The standard InChI is InChI=1S/C15H23ClO3/c1-15(2,3)9-11(16)10-7-8-12(17-4)14(19-6)13(10)18-5/h7-8,11H,9H2,1-6H3. The lowest BCUT2D eigenvalue weighted by Gasteiger charge is -2.24. The summed E-state index contributed by atoms with van der Waals surface area (Å²) in [6.07, 6.45) is 0.848. The number of alkyl halides is 1. The summed E-state index contributed by atoms with van der Waals surface area (Å²) < 4.78 is 16.1. The molecule has 0 aromatic heterocycles. The van der Waals surface area contributed by atoms with Gasteiger partial charge in [-0.05, 0) is 24.0 Å². The maximum atomic E-state index is 6.52. The van der Waals surface area contributed by atoms with Crippen LogP contribution in [-0.2, 0) is 0 Å². The summed E-state index contributed by atoms with van der Waals surface area (Å²) in [5.74, 6) is 1.87. The molecule has 0 aliphatic rings. The van der Waals surface area contributed by atoms with Gasteiger partial charge in [-0.1, -0.05) is 20.8 Å². The fourth-order valence-electron chi connectivity index (χ4n) is 2.02. The molecule has 1 unspecified atom stereocenters. The summed E-state index contributed by atoms with van der Waals surface area (Å²) in [5, 5.41) is -0.130. The number of methoxy groups -OCH3 is 3. The van der Waals surface area contributed by atoms with Gasteiger partial charge in [-0.3, -0.25) is 0 Å². The van der Waals surface area contributed by atoms with Gasteiger partial charge in [-0.2, -0.15) is 0 Å². The van der Waals surface area contributed by atoms with Crippen LogP contribution < -0.4 is 14.2 Å². The highest BCUT2D eigenvalue weighted by Crippen LogP contribution is 2.46. The van der Waals surface area contributed by atoms with Gasteiger partial charge in [0.05, 0.1) is 26.7 Å². The van der Waals surface area contributed by atoms with Crippen LogP contribution in [-0.4, -0.2) is 21.3 Å². The fraction of sp³-hybridized carbons (Fsp3) is 0.600. The molecular formula is C15H23ClO3. The van der Waals surface area contributed by atoms with E-state index in [0.29, 0.717) is 17.2 Å². The maximum Gasteiger partial charge on any atom is 0.203 e. The molecule has 0 bridgehead atoms. The zero-order valence-corrected chi connectivity index (χ0v) is 13.3. The molecule has 19 heavy (non-hydrogen) atoms. The van der Waals surface area contributed by atoms with Crippen LogP contribution in [0.25, 0.3) is 0 Å². The average Bonchev–Trinajstić information content (AvgIpc) is 2.34. The number of hydrogen-bond acceptors (Lipinski definition) is 3. The highest BCUT2D eigenvalue weighted by atomic mass is 35.5. The van der Waals surface area contributed by atoms with Gasteiger partial charge in [0, 0.05) is 5.56 Å². The van der Waals surface area contributed by atoms with Gasteiger partial charge in [-0.15, -0.1) is 11.6 Å². The Hall–Kier alpha value is -1.09. The monoisotopic (exact) mass is 286 g/mol. The van der Waals surface area contributed by atoms with Gasteiger partial charge in [0.25, 0.3) is 0 Å². The minimum absolute atomic E-state index is 0.130. The Morgan fingerprint density at radius 1 is 1.00 bits per heavy atom. The van der Waals surface area contributed by atoms with E-state index in [9.17, 15) is 0 Å². The average molecular weight is 287 g/mol. The first kappa shape index (κ1) is 16.0. The van der Waals surface area contributed by atoms with E-state index in [1.165, 1.54) is 0 Å². The third-order valence-corrected chi connectivity index (χ3v) is 3.25. The van der Waals surface area contributed by atoms with Gasteiger partial charge >= 0.3 is 0 Å². The van der Waals surface area contributed by atoms with Gasteiger partial charge < -0.3 is 14.2 Å². The van der Waals surface area contributed by atoms with Crippen LogP contribution in [0, 0.1) is 5.41 Å². The first-order chi connectivity index (χ1) is 8.84. The van der Waals surface area contributed by atoms with Crippen molar-refractivity contribution in [2.75, 3.05) is 21.3 Å². The summed E-state index contributed by atoms with van der Waals surface area (Å²) in [6, 6.07) is 3.79. The van der Waals surface area contributed by atoms with Gasteiger partial charge in [0.2, 0.25) is 5.75 Å². The first-order valence-electron chi connectivity index (χ1n) is 6.27. The van der Waals surface area contributed by atoms with Crippen molar-refractivity contribution in [1.29, 1.82) is 0 Å². The highest BCUT2D eigenvalue weighted by molar-refractivity contribution is 6.21. The molecule has 0 saturated carbocycles. The third kappa shape index (κ3) is 3.93. The van der Waals surface area contributed by atoms with Crippen molar-refractivity contribution in [1.82, 2.24) is 0 Å². The van der Waals surface area contributed by atoms with Crippen LogP contribution >= 0.6 is 11.6 Å². The lowest BCUT2D eigenvalue weighted by molar-refractivity contribution is 0.318. The molecule has 0 saturated heterocycles. The van der Waals surface area contributed by atoms with Crippen molar-refractivity contribution in [3.05, 3.63) is 17.7 Å². The lowest BCUT2D eigenvalue weighted by Crippen LogP contribution is -2.10. The minimum atomic E-state index is -0.130. The second-order valence-electron chi connectivity index (χ2n) is 5.66. The first-order valence-corrected chi connectivity index (χ1v) is 6.70. The normalized spacial score (nSPS) is 13.0. The molecule has 4 heteroatoms. The van der Waals surface area contributed by atoms with Crippen molar-refractivity contribution >= 4 is 11.6 Å². The maximum absolute atomic E-state index is 6.52. The number of benzene rings is 1. The summed E-state index contributed by atoms with van der Waals surface area (Å²) in [6.45, 7) is 6.49. The molecule has 0 fully saturated rings. The summed E-state index contributed by atoms with van der Waals surface area (Å²) in [5.41, 5.74) is 1.07. The largest absolute Gasteiger partial charge is 0.493 e. The van der Waals surface area contributed by atoms with E-state index >= 15 is 0 Å². The highest BCUT2D eigenvalue weighted by Gasteiger charge is 2.24. The number of halogens is 1. The Morgan fingerprint density at radius 2 is 1.58 bits per heavy atom. The predicted molar refractivity (Wildman–Crippen MR) is 78.8 cm³/mol. The molecular weight excluding hydrogens is 264 g/mol. The SMILES string of the molecule is COc1ccc(C(Cl)CC(C)(C)C)c(OC)c1OC. The van der Waals surface area contributed by atoms with E-state index in [1.807, 2.05) is 12.1 Å². The second kappa shape index (κ2) is 6.38. The van der Waals surface area contributed by atoms with Crippen LogP contribution in [0.2, 0.25) is 0 Å². The number of hydrogen-bond donors (Lipinski definition) is 0. The molecule has 1 aromatic rings. The Labute approximate surface area is 120 Å². The molecule has 1 aromatic carbocycles. The third-order valence-electron chi connectivity index (χ3n) is 2.86. The Balaban J connectivity index is 3.21. The topological polar surface area (TPSA) is 27.7 Å². The molecule has 0 amide bonds. The van der Waals surface area contributed by atoms with E-state index in [-0.39, 0.29) is 10.8 Å². The van der Waals surface area contributed by atoms with Crippen LogP contribution in [0.15, 0.2) is 12.1 Å². The Kier molecular flexibility index (Phi) is 5.36. The summed E-state index contributed by atoms with van der Waals surface area (Å²) >= 11 is 6.52. The number of rotatable bonds is 5. The van der Waals surface area contributed by atoms with E-state index in [1.54, 1.807) is 21.3 Å². The molecule has 0 aliphatic carbocycles. The predicted octanol–water partition coefficient (Wildman–Crippen LogP) is 4.43. The van der Waals surface area contributed by atoms with Gasteiger partial charge in [-0.25, -0.2) is 0 Å². The Bertz CT molecular complexity index is 424. The molecule has 0 heterocycles. The van der Waals surface area contributed by atoms with Crippen molar-refractivity contribution in [2.45, 2.75) is 32.6 Å². The summed E-state index contributed by atoms with van der Waals surface area (Å²) in [4.78, 5) is 0. The molecule has 0 aliphatic heterocycles. The van der Waals surface area contributed by atoms with Gasteiger partial charge in [0.15, 0.2) is 11.5 Å². The van der Waals surface area contributed by atoms with E-state index < -0.39 is 0 Å². The molecule has 0 spiro atoms. The van der Waals surface area contributed by atoms with Crippen LogP contribution in [0.3, 0.4) is 0 Å². The Morgan fingerprint density at radius 3 is 2.00 bits per heavy atom. The van der Waals surface area contributed by atoms with Crippen LogP contribution in [0.4, 0.5) is 0 Å². The van der Waals surface area contributed by atoms with Crippen molar-refractivity contribution in [3.63, 3.8) is 0 Å². The second-order valence-corrected chi connectivity index (χ2v) is 6.18. The summed E-state index contributed by atoms with van der Waals surface area (Å²) in [7, 11) is 4.81. The zero-order chi connectivity index (χ0) is 14.6. The lowest BCUT2D eigenvalue weighted by atomic mass is 9.88. The van der Waals surface area contributed by atoms with E-state index in [0.717, 1.165) is 12.0 Å². The van der Waals surface area contributed by atoms with E-state index in [4.69, 9.17) is 25.8 Å². The van der Waals surface area contributed by atoms with Gasteiger partial charge in [0.1, 0.15) is 0 Å². The molecule has 1 atom stereocenters. The van der Waals surface area contributed by atoms with Crippen LogP contribution in [0.1, 0.15) is 38.1 Å². The van der Waals surface area contributed by atoms with Crippen LogP contribution in [0.5, 0.6) is 17.2 Å². The molecule has 0 N–H and O–H groups in total. The fourth-order valence-corrected chi connectivity index (χ4v) is 2.65. The molecule has 3 nitrogen and oxygen atoms in total. The van der Waals surface area contributed by atoms with Crippen molar-refractivity contribution < 1.29 is 14.2 Å². The van der Waals surface area contributed by atoms with E-state index in [2.05, 4.69) is 20.8 Å². The molecule has 108 valence electrons. The van der Waals surface area contributed by atoms with Crippen molar-refractivity contribution in [2.24, 2.45) is 5.41 Å². The quantitative estimate of drug-likeness (QED) is 0.750. The molecule has 0 radical (unpaired) electrons. The van der Waals surface area contributed by atoms with Crippen molar-refractivity contribution in [3.8, 4) is 17.2 Å². The molecule has 1 rings (SSSR count).